The maximum atomic E-state index is 11.6. The van der Waals surface area contributed by atoms with Crippen LogP contribution in [0.1, 0.15) is 36.9 Å². The van der Waals surface area contributed by atoms with E-state index in [0.717, 1.165) is 4.88 Å². The first kappa shape index (κ1) is 16.5. The van der Waals surface area contributed by atoms with Crippen LogP contribution in [0, 0.1) is 6.92 Å². The highest BCUT2D eigenvalue weighted by molar-refractivity contribution is 7.11. The molecule has 20 heavy (non-hydrogen) atoms. The molecule has 5 nitrogen and oxygen atoms in total. The van der Waals surface area contributed by atoms with E-state index in [1.54, 1.807) is 32.1 Å². The number of alkyl carbamates (subject to hydrolysis) is 1. The summed E-state index contributed by atoms with van der Waals surface area (Å²) in [6.45, 7) is 7.20. The van der Waals surface area contributed by atoms with Crippen LogP contribution in [-0.4, -0.2) is 28.8 Å². The average Bonchev–Trinajstić information content (AvgIpc) is 2.67. The quantitative estimate of drug-likeness (QED) is 0.876. The summed E-state index contributed by atoms with van der Waals surface area (Å²) < 4.78 is 5.06. The standard InChI is InChI=1S/C14H21NO4S/c1-9-5-6-10(20-9)7-8-11(12(16)17)15-13(18)19-14(2,3)4/h5-6,11H,7-8H2,1-4H3,(H,15,18)(H,16,17)/t11-/m1/s1. The van der Waals surface area contributed by atoms with Gasteiger partial charge in [0, 0.05) is 9.75 Å². The summed E-state index contributed by atoms with van der Waals surface area (Å²) in [6, 6.07) is 3.04. The lowest BCUT2D eigenvalue weighted by Gasteiger charge is -2.21. The number of amides is 1. The molecule has 0 unspecified atom stereocenters. The number of aliphatic carboxylic acids is 1. The minimum Gasteiger partial charge on any atom is -0.480 e. The van der Waals surface area contributed by atoms with E-state index in [-0.39, 0.29) is 0 Å². The van der Waals surface area contributed by atoms with Crippen molar-refractivity contribution >= 4 is 23.4 Å². The molecule has 2 N–H and O–H groups in total. The number of hydrogen-bond acceptors (Lipinski definition) is 4. The second kappa shape index (κ2) is 6.74. The first-order chi connectivity index (χ1) is 9.17. The Kier molecular flexibility index (Phi) is 5.56. The number of ether oxygens (including phenoxy) is 1. The second-order valence-corrected chi connectivity index (χ2v) is 6.96. The van der Waals surface area contributed by atoms with Crippen LogP contribution in [0.25, 0.3) is 0 Å². The SMILES string of the molecule is Cc1ccc(CC[C@@H](NC(=O)OC(C)(C)C)C(=O)O)s1. The number of carbonyl (C=O) groups excluding carboxylic acids is 1. The zero-order valence-corrected chi connectivity index (χ0v) is 13.0. The highest BCUT2D eigenvalue weighted by atomic mass is 32.1. The third kappa shape index (κ3) is 6.06. The van der Waals surface area contributed by atoms with E-state index in [0.29, 0.717) is 12.8 Å². The summed E-state index contributed by atoms with van der Waals surface area (Å²) in [5.41, 5.74) is -0.641. The number of nitrogens with one attached hydrogen (secondary N) is 1. The Morgan fingerprint density at radius 2 is 2.05 bits per heavy atom. The third-order valence-corrected chi connectivity index (χ3v) is 3.52. The molecule has 1 aromatic heterocycles. The van der Waals surface area contributed by atoms with Crippen molar-refractivity contribution in [1.29, 1.82) is 0 Å². The predicted molar refractivity (Wildman–Crippen MR) is 78.2 cm³/mol. The van der Waals surface area contributed by atoms with Crippen molar-refractivity contribution in [1.82, 2.24) is 5.32 Å². The van der Waals surface area contributed by atoms with E-state index in [1.807, 2.05) is 19.1 Å². The molecule has 0 aliphatic heterocycles. The Balaban J connectivity index is 2.52. The fraction of sp³-hybridized carbons (Fsp3) is 0.571. The van der Waals surface area contributed by atoms with Crippen molar-refractivity contribution < 1.29 is 19.4 Å². The average molecular weight is 299 g/mol. The minimum atomic E-state index is -1.05. The van der Waals surface area contributed by atoms with Gasteiger partial charge in [0.1, 0.15) is 11.6 Å². The van der Waals surface area contributed by atoms with Gasteiger partial charge >= 0.3 is 12.1 Å². The Morgan fingerprint density at radius 3 is 2.50 bits per heavy atom. The van der Waals surface area contributed by atoms with Gasteiger partial charge in [0.05, 0.1) is 0 Å². The molecular formula is C14H21NO4S. The van der Waals surface area contributed by atoms with E-state index in [9.17, 15) is 9.59 Å². The van der Waals surface area contributed by atoms with Crippen molar-refractivity contribution in [2.75, 3.05) is 0 Å². The molecular weight excluding hydrogens is 278 g/mol. The fourth-order valence-corrected chi connectivity index (χ4v) is 2.52. The van der Waals surface area contributed by atoms with Crippen LogP contribution in [0.2, 0.25) is 0 Å². The molecule has 0 bridgehead atoms. The van der Waals surface area contributed by atoms with Crippen LogP contribution in [0.5, 0.6) is 0 Å². The topological polar surface area (TPSA) is 75.6 Å². The molecule has 0 fully saturated rings. The summed E-state index contributed by atoms with van der Waals surface area (Å²) >= 11 is 1.63. The van der Waals surface area contributed by atoms with E-state index >= 15 is 0 Å². The van der Waals surface area contributed by atoms with Gasteiger partial charge in [-0.05, 0) is 52.7 Å². The number of thiophene rings is 1. The first-order valence-electron chi connectivity index (χ1n) is 6.45. The normalized spacial score (nSPS) is 12.8. The lowest BCUT2D eigenvalue weighted by Crippen LogP contribution is -2.43. The molecule has 1 rings (SSSR count). The van der Waals surface area contributed by atoms with E-state index in [2.05, 4.69) is 5.32 Å². The van der Waals surface area contributed by atoms with Gasteiger partial charge in [0.25, 0.3) is 0 Å². The van der Waals surface area contributed by atoms with Gasteiger partial charge in [-0.25, -0.2) is 9.59 Å². The fourth-order valence-electron chi connectivity index (χ4n) is 1.61. The largest absolute Gasteiger partial charge is 0.480 e. The maximum Gasteiger partial charge on any atom is 0.408 e. The lowest BCUT2D eigenvalue weighted by molar-refractivity contribution is -0.139. The number of aryl methyl sites for hydroxylation is 2. The summed E-state index contributed by atoms with van der Waals surface area (Å²) in [6.07, 6.45) is 0.257. The highest BCUT2D eigenvalue weighted by Gasteiger charge is 2.23. The molecule has 0 saturated heterocycles. The van der Waals surface area contributed by atoms with Crippen LogP contribution >= 0.6 is 11.3 Å². The molecule has 6 heteroatoms. The van der Waals surface area contributed by atoms with Crippen LogP contribution < -0.4 is 5.32 Å². The number of carbonyl (C=O) groups is 2. The number of rotatable bonds is 5. The van der Waals surface area contributed by atoms with Crippen LogP contribution in [-0.2, 0) is 16.0 Å². The van der Waals surface area contributed by atoms with Gasteiger partial charge < -0.3 is 15.2 Å². The molecule has 1 amide bonds. The summed E-state index contributed by atoms with van der Waals surface area (Å²) in [5, 5.41) is 11.5. The highest BCUT2D eigenvalue weighted by Crippen LogP contribution is 2.17. The zero-order chi connectivity index (χ0) is 15.3. The van der Waals surface area contributed by atoms with E-state index in [1.165, 1.54) is 4.88 Å². The summed E-state index contributed by atoms with van der Waals surface area (Å²) in [4.78, 5) is 25.1. The Morgan fingerprint density at radius 1 is 1.40 bits per heavy atom. The molecule has 0 aliphatic rings. The molecule has 0 radical (unpaired) electrons. The number of carboxylic acids is 1. The molecule has 1 aromatic rings. The van der Waals surface area contributed by atoms with Gasteiger partial charge in [-0.3, -0.25) is 0 Å². The molecule has 112 valence electrons. The van der Waals surface area contributed by atoms with Crippen LogP contribution in [0.15, 0.2) is 12.1 Å². The maximum absolute atomic E-state index is 11.6. The van der Waals surface area contributed by atoms with Gasteiger partial charge in [-0.1, -0.05) is 0 Å². The molecule has 0 spiro atoms. The second-order valence-electron chi connectivity index (χ2n) is 5.59. The van der Waals surface area contributed by atoms with E-state index in [4.69, 9.17) is 9.84 Å². The van der Waals surface area contributed by atoms with Crippen molar-refractivity contribution in [3.8, 4) is 0 Å². The molecule has 0 aliphatic carbocycles. The molecule has 1 heterocycles. The predicted octanol–water partition coefficient (Wildman–Crippen LogP) is 2.97. The van der Waals surface area contributed by atoms with Crippen LogP contribution in [0.3, 0.4) is 0 Å². The molecule has 0 aromatic carbocycles. The lowest BCUT2D eigenvalue weighted by atomic mass is 10.1. The van der Waals surface area contributed by atoms with Crippen molar-refractivity contribution in [3.63, 3.8) is 0 Å². The van der Waals surface area contributed by atoms with Gasteiger partial charge in [0.15, 0.2) is 0 Å². The summed E-state index contributed by atoms with van der Waals surface area (Å²) in [7, 11) is 0. The Bertz CT molecular complexity index is 476. The smallest absolute Gasteiger partial charge is 0.408 e. The van der Waals surface area contributed by atoms with Gasteiger partial charge in [-0.2, -0.15) is 0 Å². The monoisotopic (exact) mass is 299 g/mol. The third-order valence-electron chi connectivity index (χ3n) is 2.46. The van der Waals surface area contributed by atoms with Crippen molar-refractivity contribution in [3.05, 3.63) is 21.9 Å². The van der Waals surface area contributed by atoms with Crippen molar-refractivity contribution in [2.45, 2.75) is 52.2 Å². The Hall–Kier alpha value is -1.56. The van der Waals surface area contributed by atoms with Crippen LogP contribution in [0.4, 0.5) is 4.79 Å². The zero-order valence-electron chi connectivity index (χ0n) is 12.2. The first-order valence-corrected chi connectivity index (χ1v) is 7.26. The number of carboxylic acid groups (broad SMARTS) is 1. The van der Waals surface area contributed by atoms with Crippen molar-refractivity contribution in [2.24, 2.45) is 0 Å². The van der Waals surface area contributed by atoms with E-state index < -0.39 is 23.7 Å². The minimum absolute atomic E-state index is 0.342. The molecule has 1 atom stereocenters. The van der Waals surface area contributed by atoms with Gasteiger partial charge in [-0.15, -0.1) is 11.3 Å². The molecule has 0 saturated carbocycles. The Labute approximate surface area is 123 Å². The number of hydrogen-bond donors (Lipinski definition) is 2. The van der Waals surface area contributed by atoms with Gasteiger partial charge in [0.2, 0.25) is 0 Å². The summed E-state index contributed by atoms with van der Waals surface area (Å²) in [5.74, 6) is -1.05.